The van der Waals surface area contributed by atoms with E-state index < -0.39 is 0 Å². The van der Waals surface area contributed by atoms with E-state index in [-0.39, 0.29) is 0 Å². The summed E-state index contributed by atoms with van der Waals surface area (Å²) in [5.41, 5.74) is 8.27. The second kappa shape index (κ2) is 7.61. The van der Waals surface area contributed by atoms with Gasteiger partial charge in [-0.3, -0.25) is 0 Å². The molecule has 0 atom stereocenters. The molecule has 0 aliphatic heterocycles. The standard InChI is InChI=1S/C24H22N4/c1-16-14-17(2)21(18(3)15-16)27-28-24-25-22(19-10-6-4-7-11-19)23(26-24)20-12-8-5-9-13-20/h4-15H,1-3H3,(H,25,26). The molecule has 0 spiro atoms. The quantitative estimate of drug-likeness (QED) is 0.385. The maximum Gasteiger partial charge on any atom is 0.247 e. The van der Waals surface area contributed by atoms with Gasteiger partial charge < -0.3 is 4.98 Å². The Balaban J connectivity index is 1.78. The highest BCUT2D eigenvalue weighted by Gasteiger charge is 2.14. The molecule has 4 aromatic rings. The molecule has 3 aromatic carbocycles. The fraction of sp³-hybridized carbons (Fsp3) is 0.125. The number of imidazole rings is 1. The first-order valence-electron chi connectivity index (χ1n) is 9.32. The van der Waals surface area contributed by atoms with Gasteiger partial charge in [0.2, 0.25) is 5.95 Å². The number of rotatable bonds is 4. The molecule has 4 heteroatoms. The van der Waals surface area contributed by atoms with Crippen LogP contribution in [0.4, 0.5) is 11.6 Å². The fourth-order valence-electron chi connectivity index (χ4n) is 3.45. The summed E-state index contributed by atoms with van der Waals surface area (Å²) in [7, 11) is 0. The van der Waals surface area contributed by atoms with E-state index in [2.05, 4.69) is 72.4 Å². The number of H-pyrrole nitrogens is 1. The zero-order valence-corrected chi connectivity index (χ0v) is 16.3. The van der Waals surface area contributed by atoms with Crippen LogP contribution in [0.2, 0.25) is 0 Å². The van der Waals surface area contributed by atoms with Gasteiger partial charge in [0.25, 0.3) is 0 Å². The van der Waals surface area contributed by atoms with Gasteiger partial charge in [0.05, 0.1) is 17.1 Å². The Hall–Kier alpha value is -3.53. The van der Waals surface area contributed by atoms with Crippen molar-refractivity contribution in [3.05, 3.63) is 89.5 Å². The molecule has 1 heterocycles. The summed E-state index contributed by atoms with van der Waals surface area (Å²) in [5.74, 6) is 0.497. The van der Waals surface area contributed by atoms with Crippen molar-refractivity contribution in [2.45, 2.75) is 20.8 Å². The third-order valence-electron chi connectivity index (χ3n) is 4.68. The zero-order valence-electron chi connectivity index (χ0n) is 16.3. The first-order valence-corrected chi connectivity index (χ1v) is 9.32. The highest BCUT2D eigenvalue weighted by molar-refractivity contribution is 5.79. The summed E-state index contributed by atoms with van der Waals surface area (Å²) in [4.78, 5) is 8.08. The van der Waals surface area contributed by atoms with Crippen LogP contribution < -0.4 is 0 Å². The average Bonchev–Trinajstić information content (AvgIpc) is 3.13. The van der Waals surface area contributed by atoms with Crippen LogP contribution in [0, 0.1) is 20.8 Å². The predicted molar refractivity (Wildman–Crippen MR) is 114 cm³/mol. The molecule has 0 bridgehead atoms. The molecule has 0 aliphatic carbocycles. The highest BCUT2D eigenvalue weighted by atomic mass is 15.2. The number of aromatic amines is 1. The highest BCUT2D eigenvalue weighted by Crippen LogP contribution is 2.33. The van der Waals surface area contributed by atoms with E-state index >= 15 is 0 Å². The summed E-state index contributed by atoms with van der Waals surface area (Å²) in [6, 6.07) is 24.5. The first-order chi connectivity index (χ1) is 13.6. The van der Waals surface area contributed by atoms with Gasteiger partial charge in [0.1, 0.15) is 0 Å². The third kappa shape index (κ3) is 3.62. The number of benzene rings is 3. The lowest BCUT2D eigenvalue weighted by atomic mass is 10.1. The summed E-state index contributed by atoms with van der Waals surface area (Å²) >= 11 is 0. The Morgan fingerprint density at radius 3 is 1.89 bits per heavy atom. The Morgan fingerprint density at radius 1 is 0.714 bits per heavy atom. The van der Waals surface area contributed by atoms with Crippen molar-refractivity contribution in [1.29, 1.82) is 0 Å². The van der Waals surface area contributed by atoms with Crippen molar-refractivity contribution in [2.75, 3.05) is 0 Å². The van der Waals surface area contributed by atoms with E-state index in [1.54, 1.807) is 0 Å². The van der Waals surface area contributed by atoms with Crippen LogP contribution in [0.15, 0.2) is 83.0 Å². The molecule has 0 amide bonds. The number of hydrogen-bond donors (Lipinski definition) is 1. The van der Waals surface area contributed by atoms with E-state index in [4.69, 9.17) is 4.98 Å². The molecule has 1 aromatic heterocycles. The molecule has 0 aliphatic rings. The molecule has 28 heavy (non-hydrogen) atoms. The molecule has 0 fully saturated rings. The van der Waals surface area contributed by atoms with E-state index in [9.17, 15) is 0 Å². The van der Waals surface area contributed by atoms with Crippen molar-refractivity contribution >= 4 is 11.6 Å². The number of azo groups is 1. The van der Waals surface area contributed by atoms with Crippen LogP contribution in [-0.4, -0.2) is 9.97 Å². The minimum absolute atomic E-state index is 0.497. The van der Waals surface area contributed by atoms with Crippen LogP contribution in [0.5, 0.6) is 0 Å². The Labute approximate surface area is 165 Å². The Kier molecular flexibility index (Phi) is 4.85. The summed E-state index contributed by atoms with van der Waals surface area (Å²) in [6.07, 6.45) is 0. The first kappa shape index (κ1) is 17.9. The predicted octanol–water partition coefficient (Wildman–Crippen LogP) is 7.08. The smallest absolute Gasteiger partial charge is 0.247 e. The van der Waals surface area contributed by atoms with Crippen LogP contribution >= 0.6 is 0 Å². The lowest BCUT2D eigenvalue weighted by Gasteiger charge is -2.04. The van der Waals surface area contributed by atoms with Crippen molar-refractivity contribution in [2.24, 2.45) is 10.2 Å². The largest absolute Gasteiger partial charge is 0.320 e. The maximum absolute atomic E-state index is 4.73. The van der Waals surface area contributed by atoms with Crippen LogP contribution in [0.1, 0.15) is 16.7 Å². The molecular weight excluding hydrogens is 344 g/mol. The normalized spacial score (nSPS) is 11.2. The molecule has 0 saturated heterocycles. The topological polar surface area (TPSA) is 53.4 Å². The van der Waals surface area contributed by atoms with E-state index in [0.717, 1.165) is 39.3 Å². The average molecular weight is 366 g/mol. The lowest BCUT2D eigenvalue weighted by Crippen LogP contribution is -1.82. The van der Waals surface area contributed by atoms with Gasteiger partial charge in [-0.1, -0.05) is 78.4 Å². The van der Waals surface area contributed by atoms with Crippen LogP contribution in [-0.2, 0) is 0 Å². The maximum atomic E-state index is 4.73. The van der Waals surface area contributed by atoms with Crippen LogP contribution in [0.3, 0.4) is 0 Å². The van der Waals surface area contributed by atoms with Gasteiger partial charge in [0.15, 0.2) is 0 Å². The molecule has 138 valence electrons. The minimum Gasteiger partial charge on any atom is -0.320 e. The minimum atomic E-state index is 0.497. The number of nitrogens with one attached hydrogen (secondary N) is 1. The van der Waals surface area contributed by atoms with Gasteiger partial charge in [-0.05, 0) is 31.9 Å². The molecule has 1 N–H and O–H groups in total. The monoisotopic (exact) mass is 366 g/mol. The van der Waals surface area contributed by atoms with Crippen molar-refractivity contribution < 1.29 is 0 Å². The van der Waals surface area contributed by atoms with E-state index in [1.165, 1.54) is 5.56 Å². The summed E-state index contributed by atoms with van der Waals surface area (Å²) in [6.45, 7) is 6.20. The molecule has 0 radical (unpaired) electrons. The van der Waals surface area contributed by atoms with Gasteiger partial charge in [-0.15, -0.1) is 10.2 Å². The number of nitrogens with zero attached hydrogens (tertiary/aromatic N) is 3. The van der Waals surface area contributed by atoms with Crippen molar-refractivity contribution in [3.8, 4) is 22.5 Å². The van der Waals surface area contributed by atoms with Crippen molar-refractivity contribution in [3.63, 3.8) is 0 Å². The number of hydrogen-bond acceptors (Lipinski definition) is 3. The molecule has 0 unspecified atom stereocenters. The summed E-state index contributed by atoms with van der Waals surface area (Å²) in [5, 5.41) is 8.91. The third-order valence-corrected chi connectivity index (χ3v) is 4.68. The second-order valence-corrected chi connectivity index (χ2v) is 6.96. The molecule has 4 nitrogen and oxygen atoms in total. The van der Waals surface area contributed by atoms with Gasteiger partial charge in [-0.25, -0.2) is 4.98 Å². The SMILES string of the molecule is Cc1cc(C)c(N=Nc2nc(-c3ccccc3)c(-c3ccccc3)[nH]2)c(C)c1. The van der Waals surface area contributed by atoms with Gasteiger partial charge in [-0.2, -0.15) is 0 Å². The van der Waals surface area contributed by atoms with Crippen molar-refractivity contribution in [1.82, 2.24) is 9.97 Å². The Morgan fingerprint density at radius 2 is 1.29 bits per heavy atom. The van der Waals surface area contributed by atoms with Gasteiger partial charge in [0, 0.05) is 11.1 Å². The molecule has 0 saturated carbocycles. The zero-order chi connectivity index (χ0) is 19.5. The second-order valence-electron chi connectivity index (χ2n) is 6.96. The lowest BCUT2D eigenvalue weighted by molar-refractivity contribution is 1.11. The number of aromatic nitrogens is 2. The van der Waals surface area contributed by atoms with E-state index in [1.807, 2.05) is 36.4 Å². The molecular formula is C24H22N4. The fourth-order valence-corrected chi connectivity index (χ4v) is 3.45. The van der Waals surface area contributed by atoms with Gasteiger partial charge >= 0.3 is 0 Å². The Bertz CT molecular complexity index is 1050. The summed E-state index contributed by atoms with van der Waals surface area (Å²) < 4.78 is 0. The van der Waals surface area contributed by atoms with Crippen LogP contribution in [0.25, 0.3) is 22.5 Å². The number of aryl methyl sites for hydroxylation is 3. The molecule has 4 rings (SSSR count). The van der Waals surface area contributed by atoms with E-state index in [0.29, 0.717) is 5.95 Å².